The molecule has 1 aliphatic rings. The Morgan fingerprint density at radius 1 is 1.32 bits per heavy atom. The summed E-state index contributed by atoms with van der Waals surface area (Å²) in [4.78, 5) is 4.19. The summed E-state index contributed by atoms with van der Waals surface area (Å²) in [5.74, 6) is 0.250. The Morgan fingerprint density at radius 2 is 2.00 bits per heavy atom. The zero-order valence-electron chi connectivity index (χ0n) is 10.2. The number of nitrogens with zero attached hydrogens (tertiary/aromatic N) is 2. The molecular weight excluding hydrogens is 269 g/mol. The summed E-state index contributed by atoms with van der Waals surface area (Å²) >= 11 is 0. The van der Waals surface area contributed by atoms with Gasteiger partial charge in [0.25, 0.3) is 0 Å². The lowest BCUT2D eigenvalue weighted by Gasteiger charge is -2.24. The molecule has 1 aliphatic heterocycles. The van der Waals surface area contributed by atoms with Crippen molar-refractivity contribution < 1.29 is 12.8 Å². The lowest BCUT2D eigenvalue weighted by molar-refractivity contribution is 0.463. The van der Waals surface area contributed by atoms with Crippen LogP contribution in [-0.2, 0) is 9.84 Å². The minimum atomic E-state index is -2.93. The molecule has 5 nitrogen and oxygen atoms in total. The van der Waals surface area contributed by atoms with E-state index in [4.69, 9.17) is 5.73 Å². The van der Waals surface area contributed by atoms with Gasteiger partial charge in [0.2, 0.25) is 5.95 Å². The van der Waals surface area contributed by atoms with Gasteiger partial charge in [-0.3, -0.25) is 0 Å². The van der Waals surface area contributed by atoms with Gasteiger partial charge >= 0.3 is 0 Å². The third kappa shape index (κ3) is 2.18. The largest absolute Gasteiger partial charge is 0.369 e. The summed E-state index contributed by atoms with van der Waals surface area (Å²) in [6.45, 7) is 0. The molecule has 0 saturated carbocycles. The highest BCUT2D eigenvalue weighted by molar-refractivity contribution is 7.91. The number of halogens is 1. The molecule has 102 valence electrons. The van der Waals surface area contributed by atoms with E-state index in [0.29, 0.717) is 29.8 Å². The van der Waals surface area contributed by atoms with Gasteiger partial charge in [-0.05, 0) is 31.0 Å². The van der Waals surface area contributed by atoms with Crippen LogP contribution in [0.15, 0.2) is 18.2 Å². The van der Waals surface area contributed by atoms with E-state index in [9.17, 15) is 12.8 Å². The first-order valence-electron chi connectivity index (χ1n) is 6.10. The number of aromatic nitrogens is 2. The number of anilines is 1. The fraction of sp³-hybridized carbons (Fsp3) is 0.417. The van der Waals surface area contributed by atoms with E-state index >= 15 is 0 Å². The van der Waals surface area contributed by atoms with E-state index in [2.05, 4.69) is 4.98 Å². The number of imidazole rings is 1. The lowest BCUT2D eigenvalue weighted by Crippen LogP contribution is -2.26. The first-order valence-corrected chi connectivity index (χ1v) is 7.92. The molecule has 0 aliphatic carbocycles. The predicted molar refractivity (Wildman–Crippen MR) is 71.0 cm³/mol. The summed E-state index contributed by atoms with van der Waals surface area (Å²) in [5.41, 5.74) is 7.14. The topological polar surface area (TPSA) is 78.0 Å². The molecule has 2 N–H and O–H groups in total. The predicted octanol–water partition coefficient (Wildman–Crippen LogP) is 1.51. The van der Waals surface area contributed by atoms with E-state index in [-0.39, 0.29) is 23.4 Å². The average Bonchev–Trinajstić information content (AvgIpc) is 2.65. The molecule has 1 fully saturated rings. The van der Waals surface area contributed by atoms with Crippen LogP contribution in [0, 0.1) is 5.82 Å². The molecule has 0 atom stereocenters. The molecule has 0 unspecified atom stereocenters. The molecule has 2 heterocycles. The lowest BCUT2D eigenvalue weighted by atomic mass is 10.1. The molecule has 1 aromatic carbocycles. The highest BCUT2D eigenvalue weighted by Crippen LogP contribution is 2.30. The van der Waals surface area contributed by atoms with Gasteiger partial charge in [-0.2, -0.15) is 0 Å². The van der Waals surface area contributed by atoms with Crippen LogP contribution in [0.5, 0.6) is 0 Å². The zero-order valence-corrected chi connectivity index (χ0v) is 11.0. The fourth-order valence-electron chi connectivity index (χ4n) is 2.60. The summed E-state index contributed by atoms with van der Waals surface area (Å²) in [5, 5.41) is 0. The molecule has 0 spiro atoms. The summed E-state index contributed by atoms with van der Waals surface area (Å²) in [7, 11) is -2.93. The van der Waals surface area contributed by atoms with E-state index in [0.717, 1.165) is 0 Å². The van der Waals surface area contributed by atoms with Gasteiger partial charge in [0.15, 0.2) is 0 Å². The first kappa shape index (κ1) is 12.4. The molecular formula is C12H14FN3O2S. The summed E-state index contributed by atoms with van der Waals surface area (Å²) in [6.07, 6.45) is 0.989. The van der Waals surface area contributed by atoms with Crippen LogP contribution in [0.3, 0.4) is 0 Å². The van der Waals surface area contributed by atoms with Gasteiger partial charge in [0.1, 0.15) is 15.7 Å². The van der Waals surface area contributed by atoms with Crippen molar-refractivity contribution in [1.82, 2.24) is 9.55 Å². The fourth-order valence-corrected chi connectivity index (χ4v) is 4.07. The van der Waals surface area contributed by atoms with E-state index in [1.807, 2.05) is 0 Å². The average molecular weight is 283 g/mol. The molecule has 0 radical (unpaired) electrons. The smallest absolute Gasteiger partial charge is 0.201 e. The molecule has 0 amide bonds. The first-order chi connectivity index (χ1) is 8.96. The van der Waals surface area contributed by atoms with Crippen molar-refractivity contribution in [3.8, 4) is 0 Å². The number of benzene rings is 1. The van der Waals surface area contributed by atoms with E-state index in [1.165, 1.54) is 12.1 Å². The third-order valence-corrected chi connectivity index (χ3v) is 5.28. The summed E-state index contributed by atoms with van der Waals surface area (Å²) in [6, 6.07) is 4.28. The van der Waals surface area contributed by atoms with Crippen LogP contribution in [0.4, 0.5) is 10.3 Å². The minimum Gasteiger partial charge on any atom is -0.369 e. The quantitative estimate of drug-likeness (QED) is 0.860. The van der Waals surface area contributed by atoms with Crippen LogP contribution in [-0.4, -0.2) is 29.5 Å². The highest BCUT2D eigenvalue weighted by Gasteiger charge is 2.27. The Bertz CT molecular complexity index is 725. The van der Waals surface area contributed by atoms with Gasteiger partial charge in [-0.15, -0.1) is 0 Å². The Hall–Kier alpha value is -1.63. The van der Waals surface area contributed by atoms with Crippen LogP contribution in [0.2, 0.25) is 0 Å². The molecule has 3 rings (SSSR count). The molecule has 0 bridgehead atoms. The molecule has 7 heteroatoms. The molecule has 1 aromatic heterocycles. The SMILES string of the molecule is Nc1nc2ccc(F)cc2n1C1CCS(=O)(=O)CC1. The van der Waals surface area contributed by atoms with Crippen molar-refractivity contribution in [1.29, 1.82) is 0 Å². The normalized spacial score (nSPS) is 19.8. The van der Waals surface area contributed by atoms with Crippen LogP contribution in [0.25, 0.3) is 11.0 Å². The monoisotopic (exact) mass is 283 g/mol. The summed E-state index contributed by atoms with van der Waals surface area (Å²) < 4.78 is 38.0. The van der Waals surface area contributed by atoms with Crippen LogP contribution < -0.4 is 5.73 Å². The molecule has 19 heavy (non-hydrogen) atoms. The number of hydrogen-bond donors (Lipinski definition) is 1. The van der Waals surface area contributed by atoms with E-state index in [1.54, 1.807) is 10.6 Å². The van der Waals surface area contributed by atoms with Gasteiger partial charge in [-0.1, -0.05) is 0 Å². The maximum atomic E-state index is 13.3. The Labute approximate surface area is 110 Å². The number of nitrogen functional groups attached to an aromatic ring is 1. The van der Waals surface area contributed by atoms with Gasteiger partial charge in [0.05, 0.1) is 22.5 Å². The maximum absolute atomic E-state index is 13.3. The van der Waals surface area contributed by atoms with Crippen molar-refractivity contribution in [2.75, 3.05) is 17.2 Å². The van der Waals surface area contributed by atoms with E-state index < -0.39 is 9.84 Å². The molecule has 1 saturated heterocycles. The van der Waals surface area contributed by atoms with Crippen molar-refractivity contribution in [2.45, 2.75) is 18.9 Å². The minimum absolute atomic E-state index is 0.0321. The Balaban J connectivity index is 2.05. The standard InChI is InChI=1S/C12H14FN3O2S/c13-8-1-2-10-11(7-8)16(12(14)15-10)9-3-5-19(17,18)6-4-9/h1-2,7,9H,3-6H2,(H2,14,15). The number of rotatable bonds is 1. The number of fused-ring (bicyclic) bond motifs is 1. The zero-order chi connectivity index (χ0) is 13.6. The Kier molecular flexibility index (Phi) is 2.74. The van der Waals surface area contributed by atoms with Crippen LogP contribution >= 0.6 is 0 Å². The highest BCUT2D eigenvalue weighted by atomic mass is 32.2. The number of nitrogens with two attached hydrogens (primary N) is 1. The van der Waals surface area contributed by atoms with Gasteiger partial charge < -0.3 is 10.3 Å². The van der Waals surface area contributed by atoms with Crippen molar-refractivity contribution in [3.05, 3.63) is 24.0 Å². The van der Waals surface area contributed by atoms with Gasteiger partial charge in [-0.25, -0.2) is 17.8 Å². The van der Waals surface area contributed by atoms with Crippen molar-refractivity contribution in [2.24, 2.45) is 0 Å². The maximum Gasteiger partial charge on any atom is 0.201 e. The second-order valence-electron chi connectivity index (χ2n) is 4.86. The van der Waals surface area contributed by atoms with Gasteiger partial charge in [0, 0.05) is 6.04 Å². The number of sulfone groups is 1. The van der Waals surface area contributed by atoms with Crippen LogP contribution in [0.1, 0.15) is 18.9 Å². The molecule has 2 aromatic rings. The second kappa shape index (κ2) is 4.19. The Morgan fingerprint density at radius 3 is 2.68 bits per heavy atom. The van der Waals surface area contributed by atoms with Crippen molar-refractivity contribution in [3.63, 3.8) is 0 Å². The third-order valence-electron chi connectivity index (χ3n) is 3.57. The number of hydrogen-bond acceptors (Lipinski definition) is 4. The van der Waals surface area contributed by atoms with Crippen molar-refractivity contribution >= 4 is 26.8 Å². The second-order valence-corrected chi connectivity index (χ2v) is 7.16.